The molecule has 1 heterocycles. The van der Waals surface area contributed by atoms with Crippen LogP contribution in [-0.2, 0) is 0 Å². The summed E-state index contributed by atoms with van der Waals surface area (Å²) in [5, 5.41) is 18.1. The zero-order valence-electron chi connectivity index (χ0n) is 8.07. The summed E-state index contributed by atoms with van der Waals surface area (Å²) < 4.78 is 0. The number of nitrogens with two attached hydrogens (primary N) is 3. The second kappa shape index (κ2) is 3.20. The Hall–Kier alpha value is -1.63. The van der Waals surface area contributed by atoms with Gasteiger partial charge in [0.2, 0.25) is 0 Å². The Labute approximate surface area is 86.7 Å². The van der Waals surface area contributed by atoms with Crippen molar-refractivity contribution in [3.63, 3.8) is 0 Å². The van der Waals surface area contributed by atoms with Crippen molar-refractivity contribution < 1.29 is 5.21 Å². The normalized spacial score (nSPS) is 21.5. The van der Waals surface area contributed by atoms with Gasteiger partial charge in [-0.2, -0.15) is 5.06 Å². The second-order valence-corrected chi connectivity index (χ2v) is 3.55. The van der Waals surface area contributed by atoms with Crippen molar-refractivity contribution in [3.05, 3.63) is 23.3 Å². The molecular formula is C9H13N5O. The van der Waals surface area contributed by atoms with Gasteiger partial charge in [-0.05, 0) is 12.1 Å². The van der Waals surface area contributed by atoms with Crippen LogP contribution < -0.4 is 17.2 Å². The van der Waals surface area contributed by atoms with Crippen LogP contribution in [0.1, 0.15) is 17.3 Å². The summed E-state index contributed by atoms with van der Waals surface area (Å²) in [6.07, 6.45) is -0.724. The van der Waals surface area contributed by atoms with Gasteiger partial charge in [0.25, 0.3) is 0 Å². The minimum Gasteiger partial charge on any atom is -0.398 e. The van der Waals surface area contributed by atoms with Crippen molar-refractivity contribution in [1.29, 1.82) is 5.41 Å². The topological polar surface area (TPSA) is 125 Å². The predicted octanol–water partition coefficient (Wildman–Crippen LogP) is -0.119. The fourth-order valence-corrected chi connectivity index (χ4v) is 1.80. The lowest BCUT2D eigenvalue weighted by Gasteiger charge is -2.31. The molecule has 1 aliphatic rings. The number of nitrogens with zero attached hydrogens (tertiary/aromatic N) is 1. The van der Waals surface area contributed by atoms with Gasteiger partial charge in [0.05, 0.1) is 12.3 Å². The maximum absolute atomic E-state index is 9.48. The monoisotopic (exact) mass is 207 g/mol. The summed E-state index contributed by atoms with van der Waals surface area (Å²) in [6, 6.07) is 3.27. The van der Waals surface area contributed by atoms with E-state index in [-0.39, 0.29) is 12.3 Å². The summed E-state index contributed by atoms with van der Waals surface area (Å²) in [5.74, 6) is 0. The van der Waals surface area contributed by atoms with E-state index >= 15 is 0 Å². The highest BCUT2D eigenvalue weighted by Gasteiger charge is 2.29. The van der Waals surface area contributed by atoms with Crippen LogP contribution in [0.5, 0.6) is 0 Å². The van der Waals surface area contributed by atoms with E-state index in [0.717, 1.165) is 5.06 Å². The first kappa shape index (κ1) is 9.91. The Kier molecular flexibility index (Phi) is 2.11. The molecule has 0 saturated carbocycles. The Morgan fingerprint density at radius 3 is 2.60 bits per heavy atom. The average molecular weight is 207 g/mol. The number of anilines is 2. The lowest BCUT2D eigenvalue weighted by atomic mass is 9.93. The average Bonchev–Trinajstić information content (AvgIpc) is 2.18. The summed E-state index contributed by atoms with van der Waals surface area (Å²) in [5.41, 5.74) is 19.5. The van der Waals surface area contributed by atoms with E-state index in [1.54, 1.807) is 12.1 Å². The van der Waals surface area contributed by atoms with Crippen molar-refractivity contribution >= 4 is 17.1 Å². The molecule has 2 rings (SSSR count). The van der Waals surface area contributed by atoms with Gasteiger partial charge in [-0.3, -0.25) is 0 Å². The van der Waals surface area contributed by atoms with Crippen LogP contribution in [0, 0.1) is 5.41 Å². The molecule has 0 saturated heterocycles. The summed E-state index contributed by atoms with van der Waals surface area (Å²) >= 11 is 0. The molecular weight excluding hydrogens is 194 g/mol. The van der Waals surface area contributed by atoms with E-state index in [2.05, 4.69) is 0 Å². The maximum Gasteiger partial charge on any atom is 0.110 e. The van der Waals surface area contributed by atoms with E-state index in [0.29, 0.717) is 22.5 Å². The minimum atomic E-state index is -0.724. The van der Waals surface area contributed by atoms with Gasteiger partial charge in [-0.15, -0.1) is 0 Å². The molecule has 80 valence electrons. The standard InChI is InChI=1S/C9H13N5O/c10-4-1-2-5(11)8-7(4)6(12)3-14(15)9(8)13/h1-2,9,12,15H,3,10-11,13H2. The fraction of sp³-hybridized carbons (Fsp3) is 0.222. The summed E-state index contributed by atoms with van der Waals surface area (Å²) in [6.45, 7) is 0.0574. The van der Waals surface area contributed by atoms with Crippen LogP contribution >= 0.6 is 0 Å². The first-order valence-corrected chi connectivity index (χ1v) is 4.49. The molecule has 8 N–H and O–H groups in total. The van der Waals surface area contributed by atoms with Crippen molar-refractivity contribution in [2.24, 2.45) is 5.73 Å². The van der Waals surface area contributed by atoms with E-state index in [1.807, 2.05) is 0 Å². The third-order valence-corrected chi connectivity index (χ3v) is 2.55. The highest BCUT2D eigenvalue weighted by Crippen LogP contribution is 2.33. The van der Waals surface area contributed by atoms with E-state index < -0.39 is 6.17 Å². The molecule has 0 aliphatic carbocycles. The number of hydroxylamine groups is 2. The lowest BCUT2D eigenvalue weighted by molar-refractivity contribution is -0.115. The molecule has 1 aromatic carbocycles. The highest BCUT2D eigenvalue weighted by atomic mass is 16.5. The largest absolute Gasteiger partial charge is 0.398 e. The molecule has 0 bridgehead atoms. The Bertz CT molecular complexity index is 431. The zero-order chi connectivity index (χ0) is 11.2. The van der Waals surface area contributed by atoms with Gasteiger partial charge in [0.15, 0.2) is 0 Å². The van der Waals surface area contributed by atoms with Crippen LogP contribution in [0.2, 0.25) is 0 Å². The molecule has 1 aliphatic heterocycles. The van der Waals surface area contributed by atoms with Gasteiger partial charge < -0.3 is 27.8 Å². The third kappa shape index (κ3) is 1.35. The number of nitrogens with one attached hydrogen (secondary N) is 1. The number of benzene rings is 1. The smallest absolute Gasteiger partial charge is 0.110 e. The Morgan fingerprint density at radius 1 is 1.33 bits per heavy atom. The lowest BCUT2D eigenvalue weighted by Crippen LogP contribution is -2.42. The van der Waals surface area contributed by atoms with Crippen LogP contribution in [0.4, 0.5) is 11.4 Å². The Morgan fingerprint density at radius 2 is 1.93 bits per heavy atom. The molecule has 1 atom stereocenters. The van der Waals surface area contributed by atoms with Crippen LogP contribution in [-0.4, -0.2) is 22.5 Å². The Balaban J connectivity index is 2.70. The number of rotatable bonds is 0. The van der Waals surface area contributed by atoms with Crippen molar-refractivity contribution in [2.75, 3.05) is 18.0 Å². The van der Waals surface area contributed by atoms with E-state index in [9.17, 15) is 5.21 Å². The van der Waals surface area contributed by atoms with Gasteiger partial charge in [-0.25, -0.2) is 0 Å². The van der Waals surface area contributed by atoms with Crippen molar-refractivity contribution in [2.45, 2.75) is 6.17 Å². The summed E-state index contributed by atoms with van der Waals surface area (Å²) in [7, 11) is 0. The van der Waals surface area contributed by atoms with Crippen molar-refractivity contribution in [1.82, 2.24) is 5.06 Å². The number of hydrogen-bond acceptors (Lipinski definition) is 6. The van der Waals surface area contributed by atoms with Gasteiger partial charge >= 0.3 is 0 Å². The molecule has 0 aromatic heterocycles. The second-order valence-electron chi connectivity index (χ2n) is 3.55. The molecule has 6 nitrogen and oxygen atoms in total. The zero-order valence-corrected chi connectivity index (χ0v) is 8.07. The SMILES string of the molecule is N=C1CN(O)C(N)c2c(N)ccc(N)c21. The van der Waals surface area contributed by atoms with Gasteiger partial charge in [-0.1, -0.05) is 0 Å². The minimum absolute atomic E-state index is 0.0574. The van der Waals surface area contributed by atoms with Crippen molar-refractivity contribution in [3.8, 4) is 0 Å². The number of fused-ring (bicyclic) bond motifs is 1. The molecule has 15 heavy (non-hydrogen) atoms. The molecule has 0 radical (unpaired) electrons. The predicted molar refractivity (Wildman–Crippen MR) is 57.5 cm³/mol. The van der Waals surface area contributed by atoms with Gasteiger partial charge in [0.1, 0.15) is 6.17 Å². The maximum atomic E-state index is 9.48. The first-order chi connectivity index (χ1) is 7.02. The highest BCUT2D eigenvalue weighted by molar-refractivity contribution is 6.07. The molecule has 0 fully saturated rings. The van der Waals surface area contributed by atoms with E-state index in [4.69, 9.17) is 22.6 Å². The van der Waals surface area contributed by atoms with Gasteiger partial charge in [0, 0.05) is 22.5 Å². The fourth-order valence-electron chi connectivity index (χ4n) is 1.80. The summed E-state index contributed by atoms with van der Waals surface area (Å²) in [4.78, 5) is 0. The third-order valence-electron chi connectivity index (χ3n) is 2.55. The van der Waals surface area contributed by atoms with Crippen LogP contribution in [0.3, 0.4) is 0 Å². The van der Waals surface area contributed by atoms with Crippen LogP contribution in [0.25, 0.3) is 0 Å². The van der Waals surface area contributed by atoms with E-state index in [1.165, 1.54) is 0 Å². The quantitative estimate of drug-likeness (QED) is 0.379. The molecule has 1 aromatic rings. The molecule has 0 amide bonds. The van der Waals surface area contributed by atoms with Crippen LogP contribution in [0.15, 0.2) is 12.1 Å². The molecule has 0 spiro atoms. The first-order valence-electron chi connectivity index (χ1n) is 4.49. The molecule has 6 heteroatoms. The molecule has 1 unspecified atom stereocenters. The number of nitrogen functional groups attached to an aromatic ring is 2. The number of hydrogen-bond donors (Lipinski definition) is 5.